The van der Waals surface area contributed by atoms with Crippen molar-refractivity contribution in [3.8, 4) is 16.9 Å². The van der Waals surface area contributed by atoms with Crippen LogP contribution in [0.25, 0.3) is 16.0 Å². The van der Waals surface area contributed by atoms with E-state index in [-0.39, 0.29) is 11.7 Å². The van der Waals surface area contributed by atoms with E-state index < -0.39 is 34.4 Å². The zero-order valence-electron chi connectivity index (χ0n) is 17.5. The van der Waals surface area contributed by atoms with E-state index >= 15 is 0 Å². The molecule has 174 valence electrons. The molecule has 1 aliphatic carbocycles. The van der Waals surface area contributed by atoms with Crippen molar-refractivity contribution in [3.63, 3.8) is 0 Å². The van der Waals surface area contributed by atoms with Gasteiger partial charge in [-0.1, -0.05) is 30.3 Å². The third-order valence-corrected chi connectivity index (χ3v) is 7.00. The minimum atomic E-state index is -4.61. The fourth-order valence-electron chi connectivity index (χ4n) is 4.38. The van der Waals surface area contributed by atoms with Crippen LogP contribution in [0.15, 0.2) is 66.7 Å². The Bertz CT molecular complexity index is 1350. The number of hydrogen-bond donors (Lipinski definition) is 1. The molecule has 2 aliphatic rings. The minimum absolute atomic E-state index is 0.185. The summed E-state index contributed by atoms with van der Waals surface area (Å²) in [6, 6.07) is 14.3. The molecule has 2 atom stereocenters. The number of nitrogens with one attached hydrogen (secondary N) is 1. The normalized spacial score (nSPS) is 19.5. The van der Waals surface area contributed by atoms with Gasteiger partial charge in [0.1, 0.15) is 17.7 Å². The molecule has 1 aliphatic heterocycles. The number of benzene rings is 3. The predicted molar refractivity (Wildman–Crippen MR) is 119 cm³/mol. The Morgan fingerprint density at radius 2 is 1.76 bits per heavy atom. The van der Waals surface area contributed by atoms with Crippen molar-refractivity contribution in [2.45, 2.75) is 25.1 Å². The van der Waals surface area contributed by atoms with Crippen LogP contribution < -0.4 is 9.46 Å². The summed E-state index contributed by atoms with van der Waals surface area (Å²) < 4.78 is 75.0. The molecule has 34 heavy (non-hydrogen) atoms. The van der Waals surface area contributed by atoms with E-state index in [0.717, 1.165) is 23.8 Å². The summed E-state index contributed by atoms with van der Waals surface area (Å²) in [4.78, 5) is 11.8. The van der Waals surface area contributed by atoms with Gasteiger partial charge in [0.2, 0.25) is 0 Å². The number of fused-ring (bicyclic) bond motifs is 1. The molecule has 0 saturated heterocycles. The van der Waals surface area contributed by atoms with Crippen LogP contribution in [0.4, 0.5) is 17.6 Å². The molecular weight excluding hydrogens is 470 g/mol. The van der Waals surface area contributed by atoms with E-state index in [2.05, 4.69) is 4.72 Å². The molecule has 3 aromatic carbocycles. The van der Waals surface area contributed by atoms with Gasteiger partial charge in [-0.25, -0.2) is 8.60 Å². The number of amides is 1. The second kappa shape index (κ2) is 8.39. The lowest BCUT2D eigenvalue weighted by molar-refractivity contribution is -0.137. The molecule has 9 heteroatoms. The summed E-state index contributed by atoms with van der Waals surface area (Å²) in [5, 5.41) is 0. The van der Waals surface area contributed by atoms with Crippen LogP contribution in [-0.4, -0.2) is 10.1 Å². The van der Waals surface area contributed by atoms with Gasteiger partial charge in [0.15, 0.2) is 11.0 Å². The molecule has 0 aromatic heterocycles. The third kappa shape index (κ3) is 4.11. The van der Waals surface area contributed by atoms with Gasteiger partial charge in [-0.15, -0.1) is 0 Å². The smallest absolute Gasteiger partial charge is 0.417 e. The fourth-order valence-corrected chi connectivity index (χ4v) is 5.29. The topological polar surface area (TPSA) is 55.4 Å². The zero-order valence-corrected chi connectivity index (χ0v) is 18.3. The molecule has 4 nitrogen and oxygen atoms in total. The van der Waals surface area contributed by atoms with Crippen molar-refractivity contribution in [1.29, 1.82) is 0 Å². The molecule has 0 fully saturated rings. The summed E-state index contributed by atoms with van der Waals surface area (Å²) in [6.07, 6.45) is -2.67. The van der Waals surface area contributed by atoms with Crippen molar-refractivity contribution in [2.75, 3.05) is 0 Å². The fraction of sp³-hybridized carbons (Fsp3) is 0.160. The number of ether oxygens (including phenoxy) is 1. The Morgan fingerprint density at radius 3 is 2.44 bits per heavy atom. The summed E-state index contributed by atoms with van der Waals surface area (Å²) in [6.45, 7) is 0. The van der Waals surface area contributed by atoms with Crippen molar-refractivity contribution in [2.24, 2.45) is 0 Å². The lowest BCUT2D eigenvalue weighted by atomic mass is 9.93. The van der Waals surface area contributed by atoms with Crippen LogP contribution >= 0.6 is 0 Å². The lowest BCUT2D eigenvalue weighted by Gasteiger charge is -2.18. The highest BCUT2D eigenvalue weighted by Crippen LogP contribution is 2.44. The first-order valence-electron chi connectivity index (χ1n) is 10.4. The SMILES string of the molecule is O=C1C=C(c2ccc(OC3CCc4c(-c5cc(F)ccc5C(F)(F)F)cccc43)cc2)S(=O)N1. The van der Waals surface area contributed by atoms with Gasteiger partial charge in [0.25, 0.3) is 5.91 Å². The maximum Gasteiger partial charge on any atom is 0.417 e. The maximum absolute atomic E-state index is 13.9. The Hall–Kier alpha value is -3.46. The minimum Gasteiger partial charge on any atom is -0.486 e. The van der Waals surface area contributed by atoms with Crippen LogP contribution in [0.5, 0.6) is 5.75 Å². The molecular formula is C25H17F4NO3S. The first-order chi connectivity index (χ1) is 16.2. The average Bonchev–Trinajstić information content (AvgIpc) is 3.35. The van der Waals surface area contributed by atoms with Gasteiger partial charge in [-0.3, -0.25) is 9.52 Å². The van der Waals surface area contributed by atoms with Crippen LogP contribution in [0.1, 0.15) is 34.8 Å². The van der Waals surface area contributed by atoms with Gasteiger partial charge in [0, 0.05) is 6.08 Å². The molecule has 3 aromatic rings. The van der Waals surface area contributed by atoms with E-state index in [4.69, 9.17) is 4.74 Å². The van der Waals surface area contributed by atoms with E-state index in [9.17, 15) is 26.6 Å². The maximum atomic E-state index is 13.9. The predicted octanol–water partition coefficient (Wildman–Crippen LogP) is 5.71. The Balaban J connectivity index is 1.43. The van der Waals surface area contributed by atoms with Gasteiger partial charge in [0.05, 0.1) is 10.5 Å². The molecule has 2 unspecified atom stereocenters. The Kier molecular flexibility index (Phi) is 5.51. The molecule has 1 N–H and O–H groups in total. The monoisotopic (exact) mass is 487 g/mol. The molecule has 1 amide bonds. The largest absolute Gasteiger partial charge is 0.486 e. The standard InChI is InChI=1S/C25H17F4NO3S/c26-15-6-10-21(25(27,28)29)20(12-15)17-2-1-3-19-18(17)9-11-22(19)33-16-7-4-14(5-8-16)23-13-24(31)30-34(23)32/h1-8,10,12-13,22H,9,11H2,(H,30,31). The summed E-state index contributed by atoms with van der Waals surface area (Å²) in [5.41, 5.74) is 1.36. The number of halogens is 4. The summed E-state index contributed by atoms with van der Waals surface area (Å²) >= 11 is 0. The first kappa shape index (κ1) is 22.3. The van der Waals surface area contributed by atoms with E-state index in [1.165, 1.54) is 6.08 Å². The average molecular weight is 487 g/mol. The van der Waals surface area contributed by atoms with E-state index in [1.807, 2.05) is 0 Å². The number of carbonyl (C=O) groups excluding carboxylic acids is 1. The van der Waals surface area contributed by atoms with Gasteiger partial charge < -0.3 is 4.74 Å². The van der Waals surface area contributed by atoms with Crippen LogP contribution in [0.3, 0.4) is 0 Å². The Morgan fingerprint density at radius 1 is 1.00 bits per heavy atom. The highest BCUT2D eigenvalue weighted by molar-refractivity contribution is 7.93. The second-order valence-corrected chi connectivity index (χ2v) is 9.16. The highest BCUT2D eigenvalue weighted by Gasteiger charge is 2.35. The number of rotatable bonds is 4. The van der Waals surface area contributed by atoms with Crippen LogP contribution in [0.2, 0.25) is 0 Å². The van der Waals surface area contributed by atoms with Gasteiger partial charge in [-0.2, -0.15) is 13.2 Å². The molecule has 1 heterocycles. The molecule has 0 spiro atoms. The third-order valence-electron chi connectivity index (χ3n) is 5.87. The number of carbonyl (C=O) groups is 1. The van der Waals surface area contributed by atoms with Crippen molar-refractivity contribution >= 4 is 21.8 Å². The molecule has 0 radical (unpaired) electrons. The molecule has 0 saturated carbocycles. The summed E-state index contributed by atoms with van der Waals surface area (Å²) in [7, 11) is -1.60. The zero-order chi connectivity index (χ0) is 24.0. The van der Waals surface area contributed by atoms with E-state index in [0.29, 0.717) is 40.2 Å². The number of hydrogen-bond acceptors (Lipinski definition) is 3. The quantitative estimate of drug-likeness (QED) is 0.480. The number of alkyl halides is 3. The lowest BCUT2D eigenvalue weighted by Crippen LogP contribution is -2.16. The molecule has 0 bridgehead atoms. The van der Waals surface area contributed by atoms with Crippen molar-refractivity contribution in [1.82, 2.24) is 4.72 Å². The first-order valence-corrected chi connectivity index (χ1v) is 11.6. The second-order valence-electron chi connectivity index (χ2n) is 7.97. The van der Waals surface area contributed by atoms with Gasteiger partial charge >= 0.3 is 6.18 Å². The van der Waals surface area contributed by atoms with Crippen molar-refractivity contribution in [3.05, 3.63) is 94.8 Å². The van der Waals surface area contributed by atoms with Crippen LogP contribution in [0, 0.1) is 5.82 Å². The Labute approximate surface area is 194 Å². The highest BCUT2D eigenvalue weighted by atomic mass is 32.2. The summed E-state index contributed by atoms with van der Waals surface area (Å²) in [5.74, 6) is -0.627. The van der Waals surface area contributed by atoms with Crippen molar-refractivity contribution < 1.29 is 31.3 Å². The van der Waals surface area contributed by atoms with Crippen LogP contribution in [-0.2, 0) is 28.4 Å². The molecule has 5 rings (SSSR count). The van der Waals surface area contributed by atoms with Gasteiger partial charge in [-0.05, 0) is 71.0 Å². The van der Waals surface area contributed by atoms with E-state index in [1.54, 1.807) is 42.5 Å².